The normalized spacial score (nSPS) is 14.0. The Morgan fingerprint density at radius 3 is 3.04 bits per heavy atom. The van der Waals surface area contributed by atoms with Crippen molar-refractivity contribution in [3.8, 4) is 11.3 Å². The number of pyridine rings is 1. The van der Waals surface area contributed by atoms with Gasteiger partial charge in [-0.25, -0.2) is 0 Å². The largest absolute Gasteiger partial charge is 0.363 e. The van der Waals surface area contributed by atoms with Gasteiger partial charge < -0.3 is 10.3 Å². The summed E-state index contributed by atoms with van der Waals surface area (Å²) in [6.07, 6.45) is 5.10. The molecule has 7 nitrogen and oxygen atoms in total. The van der Waals surface area contributed by atoms with Crippen LogP contribution in [0.15, 0.2) is 36.8 Å². The first-order valence-electron chi connectivity index (χ1n) is 7.36. The Kier molecular flexibility index (Phi) is 3.20. The molecule has 0 bridgehead atoms. The van der Waals surface area contributed by atoms with Gasteiger partial charge in [0.25, 0.3) is 5.91 Å². The minimum absolute atomic E-state index is 0.187. The van der Waals surface area contributed by atoms with Gasteiger partial charge in [-0.15, -0.1) is 0 Å². The number of nitrogens with zero attached hydrogens (tertiary/aromatic N) is 3. The van der Waals surface area contributed by atoms with Crippen LogP contribution >= 0.6 is 0 Å². The first-order chi connectivity index (χ1) is 11.2. The molecule has 3 N–H and O–H groups in total. The lowest BCUT2D eigenvalue weighted by molar-refractivity contribution is 0.102. The monoisotopic (exact) mass is 308 g/mol. The summed E-state index contributed by atoms with van der Waals surface area (Å²) >= 11 is 0. The van der Waals surface area contributed by atoms with E-state index in [1.165, 1.54) is 0 Å². The summed E-state index contributed by atoms with van der Waals surface area (Å²) in [5, 5.41) is 9.39. The molecule has 0 spiro atoms. The Hall–Kier alpha value is -2.93. The fourth-order valence-corrected chi connectivity index (χ4v) is 2.96. The summed E-state index contributed by atoms with van der Waals surface area (Å²) in [5.74, 6) is 0.379. The van der Waals surface area contributed by atoms with Crippen LogP contribution in [0.4, 0.5) is 5.82 Å². The Morgan fingerprint density at radius 2 is 2.22 bits per heavy atom. The fourth-order valence-electron chi connectivity index (χ4n) is 2.96. The molecule has 4 heterocycles. The number of aromatic nitrogens is 4. The van der Waals surface area contributed by atoms with E-state index in [4.69, 9.17) is 0 Å². The molecule has 0 fully saturated rings. The summed E-state index contributed by atoms with van der Waals surface area (Å²) in [6, 6.07) is 5.69. The Morgan fingerprint density at radius 1 is 1.30 bits per heavy atom. The predicted octanol–water partition coefficient (Wildman–Crippen LogP) is 2.00. The molecule has 0 atom stereocenters. The average molecular weight is 308 g/mol. The predicted molar refractivity (Wildman–Crippen MR) is 85.7 cm³/mol. The number of nitrogens with one attached hydrogen (secondary N) is 3. The summed E-state index contributed by atoms with van der Waals surface area (Å²) in [6.45, 7) is 1.54. The Bertz CT molecular complexity index is 851. The first kappa shape index (κ1) is 13.7. The molecule has 1 aliphatic rings. The van der Waals surface area contributed by atoms with E-state index in [2.05, 4.69) is 43.5 Å². The molecule has 0 aliphatic carbocycles. The van der Waals surface area contributed by atoms with Crippen LogP contribution < -0.4 is 5.32 Å². The average Bonchev–Trinajstić information content (AvgIpc) is 3.15. The second-order valence-corrected chi connectivity index (χ2v) is 5.66. The van der Waals surface area contributed by atoms with E-state index < -0.39 is 0 Å². The number of H-pyrrole nitrogens is 2. The SMILES string of the molecule is CN1Cc2cccnc2-c2c(C(=O)Nc3ccn[nH]3)c[nH]c2C1. The Balaban J connectivity index is 1.80. The van der Waals surface area contributed by atoms with Gasteiger partial charge in [-0.2, -0.15) is 5.10 Å². The Labute approximate surface area is 132 Å². The highest BCUT2D eigenvalue weighted by molar-refractivity contribution is 6.08. The van der Waals surface area contributed by atoms with Crippen LogP contribution in [0.3, 0.4) is 0 Å². The van der Waals surface area contributed by atoms with Gasteiger partial charge in [-0.05, 0) is 18.7 Å². The van der Waals surface area contributed by atoms with Crippen molar-refractivity contribution in [1.82, 2.24) is 25.1 Å². The van der Waals surface area contributed by atoms with Gasteiger partial charge in [0, 0.05) is 42.8 Å². The third-order valence-corrected chi connectivity index (χ3v) is 3.95. The highest BCUT2D eigenvalue weighted by Gasteiger charge is 2.25. The van der Waals surface area contributed by atoms with Crippen molar-refractivity contribution in [1.29, 1.82) is 0 Å². The van der Waals surface area contributed by atoms with Crippen LogP contribution in [-0.2, 0) is 13.1 Å². The van der Waals surface area contributed by atoms with E-state index in [9.17, 15) is 4.79 Å². The summed E-state index contributed by atoms with van der Waals surface area (Å²) < 4.78 is 0. The zero-order chi connectivity index (χ0) is 15.8. The summed E-state index contributed by atoms with van der Waals surface area (Å²) in [4.78, 5) is 22.6. The molecule has 116 valence electrons. The van der Waals surface area contributed by atoms with Crippen molar-refractivity contribution in [3.63, 3.8) is 0 Å². The van der Waals surface area contributed by atoms with E-state index >= 15 is 0 Å². The molecule has 0 saturated carbocycles. The number of anilines is 1. The third-order valence-electron chi connectivity index (χ3n) is 3.95. The molecular formula is C16H16N6O. The van der Waals surface area contributed by atoms with Gasteiger partial charge in [0.2, 0.25) is 0 Å². The zero-order valence-electron chi connectivity index (χ0n) is 12.6. The summed E-state index contributed by atoms with van der Waals surface area (Å²) in [5.41, 5.74) is 4.44. The molecule has 1 aliphatic heterocycles. The smallest absolute Gasteiger partial charge is 0.259 e. The molecule has 23 heavy (non-hydrogen) atoms. The van der Waals surface area contributed by atoms with E-state index in [-0.39, 0.29) is 5.91 Å². The minimum atomic E-state index is -0.187. The van der Waals surface area contributed by atoms with Crippen LogP contribution in [-0.4, -0.2) is 38.0 Å². The molecule has 1 amide bonds. The van der Waals surface area contributed by atoms with Crippen molar-refractivity contribution in [2.75, 3.05) is 12.4 Å². The van der Waals surface area contributed by atoms with Crippen LogP contribution in [0.1, 0.15) is 21.6 Å². The van der Waals surface area contributed by atoms with E-state index in [0.29, 0.717) is 11.4 Å². The van der Waals surface area contributed by atoms with Crippen molar-refractivity contribution >= 4 is 11.7 Å². The second-order valence-electron chi connectivity index (χ2n) is 5.66. The van der Waals surface area contributed by atoms with Crippen LogP contribution in [0.2, 0.25) is 0 Å². The lowest BCUT2D eigenvalue weighted by Crippen LogP contribution is -2.15. The topological polar surface area (TPSA) is 89.7 Å². The molecule has 0 radical (unpaired) electrons. The van der Waals surface area contributed by atoms with Crippen molar-refractivity contribution in [3.05, 3.63) is 53.6 Å². The highest BCUT2D eigenvalue weighted by atomic mass is 16.1. The number of rotatable bonds is 2. The molecule has 3 aromatic rings. The molecule has 0 aromatic carbocycles. The van der Waals surface area contributed by atoms with Gasteiger partial charge in [0.1, 0.15) is 5.82 Å². The molecule has 0 unspecified atom stereocenters. The maximum atomic E-state index is 12.6. The van der Waals surface area contributed by atoms with Gasteiger partial charge in [-0.3, -0.25) is 19.8 Å². The molecule has 0 saturated heterocycles. The van der Waals surface area contributed by atoms with E-state index in [1.807, 2.05) is 6.07 Å². The molecule has 7 heteroatoms. The number of aromatic amines is 2. The number of hydrogen-bond acceptors (Lipinski definition) is 4. The van der Waals surface area contributed by atoms with Crippen molar-refractivity contribution < 1.29 is 4.79 Å². The van der Waals surface area contributed by atoms with E-state index in [1.54, 1.807) is 24.7 Å². The zero-order valence-corrected chi connectivity index (χ0v) is 12.6. The third kappa shape index (κ3) is 2.40. The lowest BCUT2D eigenvalue weighted by atomic mass is 10.0. The van der Waals surface area contributed by atoms with Gasteiger partial charge in [0.15, 0.2) is 0 Å². The van der Waals surface area contributed by atoms with Gasteiger partial charge in [-0.1, -0.05) is 6.07 Å². The molecule has 4 rings (SSSR count). The maximum absolute atomic E-state index is 12.6. The number of carbonyl (C=O) groups excluding carboxylic acids is 1. The maximum Gasteiger partial charge on any atom is 0.259 e. The van der Waals surface area contributed by atoms with Gasteiger partial charge >= 0.3 is 0 Å². The number of amides is 1. The van der Waals surface area contributed by atoms with Crippen LogP contribution in [0.5, 0.6) is 0 Å². The van der Waals surface area contributed by atoms with Crippen molar-refractivity contribution in [2.45, 2.75) is 13.1 Å². The van der Waals surface area contributed by atoms with Crippen LogP contribution in [0.25, 0.3) is 11.3 Å². The highest BCUT2D eigenvalue weighted by Crippen LogP contribution is 2.33. The van der Waals surface area contributed by atoms with Crippen molar-refractivity contribution in [2.24, 2.45) is 0 Å². The molecular weight excluding hydrogens is 292 g/mol. The van der Waals surface area contributed by atoms with Gasteiger partial charge in [0.05, 0.1) is 17.5 Å². The number of fused-ring (bicyclic) bond motifs is 3. The number of carbonyl (C=O) groups is 1. The first-order valence-corrected chi connectivity index (χ1v) is 7.36. The molecule has 3 aromatic heterocycles. The standard InChI is InChI=1S/C16H16N6O/c1-22-8-10-3-2-5-17-15(10)14-11(7-18-12(14)9-22)16(23)20-13-4-6-19-21-13/h2-7,18H,8-9H2,1H3,(H2,19,20,21,23). The summed E-state index contributed by atoms with van der Waals surface area (Å²) in [7, 11) is 2.05. The van der Waals surface area contributed by atoms with E-state index in [0.717, 1.165) is 35.6 Å². The minimum Gasteiger partial charge on any atom is -0.363 e. The second kappa shape index (κ2) is 5.36. The lowest BCUT2D eigenvalue weighted by Gasteiger charge is -2.13. The van der Waals surface area contributed by atoms with Crippen LogP contribution in [0, 0.1) is 0 Å². The quantitative estimate of drug-likeness (QED) is 0.675. The fraction of sp³-hybridized carbons (Fsp3) is 0.188. The number of hydrogen-bond donors (Lipinski definition) is 3.